The van der Waals surface area contributed by atoms with Gasteiger partial charge in [0.25, 0.3) is 0 Å². The Morgan fingerprint density at radius 3 is 2.42 bits per heavy atom. The second-order valence-electron chi connectivity index (χ2n) is 11.1. The number of nitrogens with one attached hydrogen (secondary N) is 3. The van der Waals surface area contributed by atoms with Gasteiger partial charge in [0.05, 0.1) is 6.61 Å². The number of carboxylic acid groups (broad SMARTS) is 1. The second kappa shape index (κ2) is 11.4. The predicted octanol–water partition coefficient (Wildman–Crippen LogP) is 4.10. The third-order valence-electron chi connectivity index (χ3n) is 7.04. The SMILES string of the molecule is CC(C)(C)c1ccc(NC2CCCN(c3nc(Nc4ccc(NC(CO)C(=O)O)cc4)n4ccnc4n3)C2)cc1. The van der Waals surface area contributed by atoms with Crippen molar-refractivity contribution in [2.45, 2.75) is 51.1 Å². The van der Waals surface area contributed by atoms with E-state index in [2.05, 4.69) is 70.9 Å². The fourth-order valence-corrected chi connectivity index (χ4v) is 4.78. The summed E-state index contributed by atoms with van der Waals surface area (Å²) < 4.78 is 1.79. The van der Waals surface area contributed by atoms with Crippen molar-refractivity contribution < 1.29 is 15.0 Å². The van der Waals surface area contributed by atoms with E-state index in [-0.39, 0.29) is 11.5 Å². The average molecular weight is 545 g/mol. The molecule has 11 heteroatoms. The number of piperidine rings is 1. The molecule has 4 aromatic rings. The lowest BCUT2D eigenvalue weighted by Crippen LogP contribution is -2.43. The number of aliphatic hydroxyl groups excluding tert-OH is 1. The van der Waals surface area contributed by atoms with Crippen molar-refractivity contribution in [3.63, 3.8) is 0 Å². The van der Waals surface area contributed by atoms with Crippen LogP contribution in [0.1, 0.15) is 39.2 Å². The number of nitrogens with zero attached hydrogens (tertiary/aromatic N) is 5. The Kier molecular flexibility index (Phi) is 7.74. The first-order valence-electron chi connectivity index (χ1n) is 13.5. The summed E-state index contributed by atoms with van der Waals surface area (Å²) in [7, 11) is 0. The van der Waals surface area contributed by atoms with Crippen LogP contribution < -0.4 is 20.9 Å². The smallest absolute Gasteiger partial charge is 0.328 e. The van der Waals surface area contributed by atoms with E-state index in [0.29, 0.717) is 23.4 Å². The van der Waals surface area contributed by atoms with Crippen LogP contribution in [-0.2, 0) is 10.2 Å². The van der Waals surface area contributed by atoms with Crippen LogP contribution in [0.25, 0.3) is 5.78 Å². The lowest BCUT2D eigenvalue weighted by molar-refractivity contribution is -0.138. The summed E-state index contributed by atoms with van der Waals surface area (Å²) in [5.74, 6) is 0.617. The van der Waals surface area contributed by atoms with Crippen molar-refractivity contribution in [3.05, 3.63) is 66.5 Å². The number of carbonyl (C=O) groups is 1. The van der Waals surface area contributed by atoms with Crippen LogP contribution in [-0.4, -0.2) is 67.3 Å². The molecule has 2 aromatic carbocycles. The Morgan fingerprint density at radius 1 is 1.05 bits per heavy atom. The average Bonchev–Trinajstić information content (AvgIpc) is 3.42. The molecular formula is C29H36N8O3. The summed E-state index contributed by atoms with van der Waals surface area (Å²) in [6, 6.07) is 15.0. The van der Waals surface area contributed by atoms with Gasteiger partial charge in [-0.05, 0) is 60.2 Å². The highest BCUT2D eigenvalue weighted by Crippen LogP contribution is 2.26. The summed E-state index contributed by atoms with van der Waals surface area (Å²) in [6.45, 7) is 7.78. The van der Waals surface area contributed by atoms with Gasteiger partial charge in [0.15, 0.2) is 0 Å². The van der Waals surface area contributed by atoms with Crippen molar-refractivity contribution in [2.75, 3.05) is 40.5 Å². The quantitative estimate of drug-likeness (QED) is 0.209. The molecule has 3 heterocycles. The molecule has 0 bridgehead atoms. The third-order valence-corrected chi connectivity index (χ3v) is 7.04. The van der Waals surface area contributed by atoms with Crippen molar-refractivity contribution in [3.8, 4) is 0 Å². The summed E-state index contributed by atoms with van der Waals surface area (Å²) >= 11 is 0. The highest BCUT2D eigenvalue weighted by Gasteiger charge is 2.24. The summed E-state index contributed by atoms with van der Waals surface area (Å²) in [4.78, 5) is 27.4. The fraction of sp³-hybridized carbons (Fsp3) is 0.379. The number of hydrogen-bond acceptors (Lipinski definition) is 9. The van der Waals surface area contributed by atoms with Crippen molar-refractivity contribution in [1.29, 1.82) is 0 Å². The van der Waals surface area contributed by atoms with Crippen LogP contribution in [0.4, 0.5) is 29.0 Å². The number of hydrogen-bond donors (Lipinski definition) is 5. The molecule has 5 rings (SSSR count). The molecule has 210 valence electrons. The monoisotopic (exact) mass is 544 g/mol. The number of anilines is 5. The van der Waals surface area contributed by atoms with E-state index >= 15 is 0 Å². The van der Waals surface area contributed by atoms with E-state index in [0.717, 1.165) is 37.3 Å². The Hall–Kier alpha value is -4.38. The van der Waals surface area contributed by atoms with Crippen molar-refractivity contribution in [2.24, 2.45) is 0 Å². The number of benzene rings is 2. The van der Waals surface area contributed by atoms with Gasteiger partial charge >= 0.3 is 5.97 Å². The van der Waals surface area contributed by atoms with Gasteiger partial charge in [-0.3, -0.25) is 4.40 Å². The molecule has 0 radical (unpaired) electrons. The van der Waals surface area contributed by atoms with E-state index in [1.54, 1.807) is 28.9 Å². The maximum atomic E-state index is 11.2. The zero-order valence-corrected chi connectivity index (χ0v) is 23.0. The molecule has 0 saturated carbocycles. The molecule has 40 heavy (non-hydrogen) atoms. The topological polar surface area (TPSA) is 140 Å². The molecule has 1 fully saturated rings. The first-order valence-corrected chi connectivity index (χ1v) is 13.5. The number of imidazole rings is 1. The highest BCUT2D eigenvalue weighted by molar-refractivity contribution is 5.77. The van der Waals surface area contributed by atoms with Gasteiger partial charge < -0.3 is 31.1 Å². The molecule has 0 spiro atoms. The minimum absolute atomic E-state index is 0.122. The summed E-state index contributed by atoms with van der Waals surface area (Å²) in [5.41, 5.74) is 3.89. The van der Waals surface area contributed by atoms with Gasteiger partial charge in [-0.15, -0.1) is 0 Å². The van der Waals surface area contributed by atoms with Gasteiger partial charge in [0, 0.05) is 48.6 Å². The van der Waals surface area contributed by atoms with Gasteiger partial charge in [0.2, 0.25) is 17.7 Å². The van der Waals surface area contributed by atoms with Crippen molar-refractivity contribution >= 4 is 40.7 Å². The first-order chi connectivity index (χ1) is 19.2. The standard InChI is InChI=1S/C29H36N8O3/c1-29(2,3)19-6-8-20(9-7-19)31-23-5-4-15-36(17-23)27-34-26-30-14-16-37(26)28(35-27)33-22-12-10-21(11-13-22)32-24(18-38)25(39)40/h6-14,16,23-24,31-32,38H,4-5,15,17-18H2,1-3H3,(H,39,40)(H,30,33,34,35). The number of fused-ring (bicyclic) bond motifs is 1. The molecular weight excluding hydrogens is 508 g/mol. The van der Waals surface area contributed by atoms with E-state index in [4.69, 9.17) is 15.1 Å². The van der Waals surface area contributed by atoms with Gasteiger partial charge in [0.1, 0.15) is 6.04 Å². The van der Waals surface area contributed by atoms with Gasteiger partial charge in [-0.2, -0.15) is 9.97 Å². The zero-order valence-electron chi connectivity index (χ0n) is 23.0. The van der Waals surface area contributed by atoms with Crippen molar-refractivity contribution in [1.82, 2.24) is 19.4 Å². The van der Waals surface area contributed by atoms with Crippen LogP contribution in [0.5, 0.6) is 0 Å². The largest absolute Gasteiger partial charge is 0.480 e. The van der Waals surface area contributed by atoms with Gasteiger partial charge in [-0.1, -0.05) is 32.9 Å². The minimum Gasteiger partial charge on any atom is -0.480 e. The highest BCUT2D eigenvalue weighted by atomic mass is 16.4. The number of carboxylic acids is 1. The Morgan fingerprint density at radius 2 is 1.75 bits per heavy atom. The van der Waals surface area contributed by atoms with E-state index < -0.39 is 18.6 Å². The van der Waals surface area contributed by atoms with E-state index in [1.807, 2.05) is 12.1 Å². The molecule has 1 saturated heterocycles. The molecule has 2 aromatic heterocycles. The van der Waals surface area contributed by atoms with Crippen LogP contribution in [0.2, 0.25) is 0 Å². The Labute approximate surface area is 233 Å². The van der Waals surface area contributed by atoms with Gasteiger partial charge in [-0.25, -0.2) is 9.78 Å². The van der Waals surface area contributed by atoms with E-state index in [9.17, 15) is 9.90 Å². The maximum absolute atomic E-state index is 11.2. The number of aliphatic hydroxyl groups is 1. The minimum atomic E-state index is -1.12. The Balaban J connectivity index is 1.30. The normalized spacial score (nSPS) is 16.5. The lowest BCUT2D eigenvalue weighted by atomic mass is 9.87. The molecule has 1 aliphatic rings. The fourth-order valence-electron chi connectivity index (χ4n) is 4.78. The lowest BCUT2D eigenvalue weighted by Gasteiger charge is -2.34. The van der Waals surface area contributed by atoms with Crippen LogP contribution >= 0.6 is 0 Å². The number of rotatable bonds is 9. The van der Waals surface area contributed by atoms with Crippen LogP contribution in [0.3, 0.4) is 0 Å². The first kappa shape index (κ1) is 27.2. The number of aromatic nitrogens is 4. The molecule has 1 aliphatic heterocycles. The summed E-state index contributed by atoms with van der Waals surface area (Å²) in [6.07, 6.45) is 5.57. The maximum Gasteiger partial charge on any atom is 0.328 e. The van der Waals surface area contributed by atoms with E-state index in [1.165, 1.54) is 5.56 Å². The molecule has 0 aliphatic carbocycles. The molecule has 0 amide bonds. The third kappa shape index (κ3) is 6.26. The predicted molar refractivity (Wildman–Crippen MR) is 157 cm³/mol. The second-order valence-corrected chi connectivity index (χ2v) is 11.1. The zero-order chi connectivity index (χ0) is 28.3. The van der Waals surface area contributed by atoms with Crippen LogP contribution in [0, 0.1) is 0 Å². The molecule has 2 unspecified atom stereocenters. The number of aliphatic carboxylic acids is 1. The molecule has 5 N–H and O–H groups in total. The molecule has 11 nitrogen and oxygen atoms in total. The summed E-state index contributed by atoms with van der Waals surface area (Å²) in [5, 5.41) is 28.2. The molecule has 2 atom stereocenters. The van der Waals surface area contributed by atoms with Crippen LogP contribution in [0.15, 0.2) is 60.9 Å². The Bertz CT molecular complexity index is 1450.